The first-order chi connectivity index (χ1) is 10.2. The predicted molar refractivity (Wildman–Crippen MR) is 82.0 cm³/mol. The van der Waals surface area contributed by atoms with E-state index >= 15 is 0 Å². The van der Waals surface area contributed by atoms with Gasteiger partial charge in [0.1, 0.15) is 11.6 Å². The summed E-state index contributed by atoms with van der Waals surface area (Å²) in [5.41, 5.74) is 2.98. The molecular weight excluding hydrogens is 264 g/mol. The number of H-pyrrole nitrogens is 1. The van der Waals surface area contributed by atoms with E-state index in [1.54, 1.807) is 12.3 Å². The summed E-state index contributed by atoms with van der Waals surface area (Å²) in [7, 11) is 0. The van der Waals surface area contributed by atoms with Crippen LogP contribution in [0.1, 0.15) is 17.8 Å². The largest absolute Gasteiger partial charge is 0.342 e. The Morgan fingerprint density at radius 2 is 2.10 bits per heavy atom. The molecule has 2 heterocycles. The number of rotatable bonds is 4. The molecule has 1 aromatic carbocycles. The summed E-state index contributed by atoms with van der Waals surface area (Å²) in [6.45, 7) is 1.96. The zero-order chi connectivity index (χ0) is 14.7. The van der Waals surface area contributed by atoms with Crippen molar-refractivity contribution >= 4 is 22.8 Å². The number of imidazole rings is 1. The second-order valence-electron chi connectivity index (χ2n) is 4.97. The highest BCUT2D eigenvalue weighted by Gasteiger charge is 2.07. The van der Waals surface area contributed by atoms with Gasteiger partial charge in [0.25, 0.3) is 0 Å². The van der Waals surface area contributed by atoms with Crippen molar-refractivity contribution < 1.29 is 4.79 Å². The molecule has 0 radical (unpaired) electrons. The zero-order valence-corrected chi connectivity index (χ0v) is 11.8. The van der Waals surface area contributed by atoms with Crippen molar-refractivity contribution in [3.63, 3.8) is 0 Å². The monoisotopic (exact) mass is 280 g/mol. The van der Waals surface area contributed by atoms with Crippen LogP contribution in [0.5, 0.6) is 0 Å². The van der Waals surface area contributed by atoms with Gasteiger partial charge in [-0.05, 0) is 30.7 Å². The lowest BCUT2D eigenvalue weighted by molar-refractivity contribution is -0.116. The van der Waals surface area contributed by atoms with E-state index in [2.05, 4.69) is 20.3 Å². The Morgan fingerprint density at radius 3 is 2.86 bits per heavy atom. The van der Waals surface area contributed by atoms with Crippen LogP contribution in [0.4, 0.5) is 5.82 Å². The van der Waals surface area contributed by atoms with Crippen LogP contribution in [-0.4, -0.2) is 20.9 Å². The second-order valence-corrected chi connectivity index (χ2v) is 4.97. The third kappa shape index (κ3) is 3.25. The molecule has 5 nitrogen and oxygen atoms in total. The van der Waals surface area contributed by atoms with E-state index in [9.17, 15) is 4.79 Å². The van der Waals surface area contributed by atoms with Gasteiger partial charge in [0.15, 0.2) is 0 Å². The number of nitrogens with one attached hydrogen (secondary N) is 2. The standard InChI is InChI=1S/C16H16N4O/c1-11-6-7-14(17-10-11)20-16(21)9-8-15-18-12-4-2-3-5-13(12)19-15/h2-7,10H,8-9H2,1H3,(H,18,19)(H,17,20,21). The van der Waals surface area contributed by atoms with Crippen LogP contribution in [0.2, 0.25) is 0 Å². The number of aromatic nitrogens is 3. The number of anilines is 1. The summed E-state index contributed by atoms with van der Waals surface area (Å²) in [6, 6.07) is 11.5. The fourth-order valence-electron chi connectivity index (χ4n) is 2.10. The van der Waals surface area contributed by atoms with Gasteiger partial charge < -0.3 is 10.3 Å². The summed E-state index contributed by atoms with van der Waals surface area (Å²) in [6.07, 6.45) is 2.68. The van der Waals surface area contributed by atoms with Gasteiger partial charge in [0.2, 0.25) is 5.91 Å². The van der Waals surface area contributed by atoms with Crippen molar-refractivity contribution in [3.05, 3.63) is 54.0 Å². The highest BCUT2D eigenvalue weighted by atomic mass is 16.1. The summed E-state index contributed by atoms with van der Waals surface area (Å²) in [5.74, 6) is 1.34. The lowest BCUT2D eigenvalue weighted by Crippen LogP contribution is -2.13. The number of amides is 1. The topological polar surface area (TPSA) is 70.7 Å². The number of carbonyl (C=O) groups is 1. The van der Waals surface area contributed by atoms with Crippen molar-refractivity contribution in [1.82, 2.24) is 15.0 Å². The average Bonchev–Trinajstić information content (AvgIpc) is 2.90. The summed E-state index contributed by atoms with van der Waals surface area (Å²) in [4.78, 5) is 23.7. The number of carbonyl (C=O) groups excluding carboxylic acids is 1. The molecule has 0 atom stereocenters. The highest BCUT2D eigenvalue weighted by molar-refractivity contribution is 5.89. The number of fused-ring (bicyclic) bond motifs is 1. The predicted octanol–water partition coefficient (Wildman–Crippen LogP) is 2.84. The van der Waals surface area contributed by atoms with Crippen LogP contribution < -0.4 is 5.32 Å². The fourth-order valence-corrected chi connectivity index (χ4v) is 2.10. The number of hydrogen-bond donors (Lipinski definition) is 2. The summed E-state index contributed by atoms with van der Waals surface area (Å²) >= 11 is 0. The Kier molecular flexibility index (Phi) is 3.64. The van der Waals surface area contributed by atoms with Crippen molar-refractivity contribution in [2.75, 3.05) is 5.32 Å². The molecule has 0 aliphatic carbocycles. The Bertz CT molecular complexity index is 728. The number of nitrogens with zero attached hydrogens (tertiary/aromatic N) is 2. The maximum atomic E-state index is 11.9. The van der Waals surface area contributed by atoms with Crippen LogP contribution in [0.3, 0.4) is 0 Å². The third-order valence-electron chi connectivity index (χ3n) is 3.21. The summed E-state index contributed by atoms with van der Waals surface area (Å²) in [5, 5.41) is 2.78. The molecule has 0 aliphatic heterocycles. The number of aromatic amines is 1. The lowest BCUT2D eigenvalue weighted by atomic mass is 10.3. The van der Waals surface area contributed by atoms with Gasteiger partial charge >= 0.3 is 0 Å². The van der Waals surface area contributed by atoms with Crippen LogP contribution in [0.15, 0.2) is 42.6 Å². The van der Waals surface area contributed by atoms with E-state index in [1.165, 1.54) is 0 Å². The highest BCUT2D eigenvalue weighted by Crippen LogP contribution is 2.12. The van der Waals surface area contributed by atoms with E-state index in [1.807, 2.05) is 37.3 Å². The molecule has 0 saturated carbocycles. The van der Waals surface area contributed by atoms with Gasteiger partial charge in [-0.15, -0.1) is 0 Å². The van der Waals surface area contributed by atoms with E-state index in [0.717, 1.165) is 22.4 Å². The van der Waals surface area contributed by atoms with Gasteiger partial charge in [-0.2, -0.15) is 0 Å². The lowest BCUT2D eigenvalue weighted by Gasteiger charge is -2.03. The van der Waals surface area contributed by atoms with E-state index in [-0.39, 0.29) is 5.91 Å². The summed E-state index contributed by atoms with van der Waals surface area (Å²) < 4.78 is 0. The zero-order valence-electron chi connectivity index (χ0n) is 11.8. The quantitative estimate of drug-likeness (QED) is 0.772. The van der Waals surface area contributed by atoms with Gasteiger partial charge in [-0.3, -0.25) is 4.79 Å². The molecule has 1 amide bonds. The van der Waals surface area contributed by atoms with Crippen molar-refractivity contribution in [2.45, 2.75) is 19.8 Å². The first kappa shape index (κ1) is 13.3. The van der Waals surface area contributed by atoms with Crippen molar-refractivity contribution in [3.8, 4) is 0 Å². The van der Waals surface area contributed by atoms with Crippen LogP contribution >= 0.6 is 0 Å². The van der Waals surface area contributed by atoms with Gasteiger partial charge in [0.05, 0.1) is 11.0 Å². The molecule has 2 aromatic heterocycles. The minimum Gasteiger partial charge on any atom is -0.342 e. The molecule has 5 heteroatoms. The van der Waals surface area contributed by atoms with Crippen LogP contribution in [0.25, 0.3) is 11.0 Å². The minimum absolute atomic E-state index is 0.0631. The minimum atomic E-state index is -0.0631. The maximum Gasteiger partial charge on any atom is 0.225 e. The van der Waals surface area contributed by atoms with E-state index in [0.29, 0.717) is 18.7 Å². The third-order valence-corrected chi connectivity index (χ3v) is 3.21. The number of hydrogen-bond acceptors (Lipinski definition) is 3. The fraction of sp³-hybridized carbons (Fsp3) is 0.188. The molecule has 0 aliphatic rings. The van der Waals surface area contributed by atoms with Crippen LogP contribution in [0, 0.1) is 6.92 Å². The molecule has 0 unspecified atom stereocenters. The van der Waals surface area contributed by atoms with Crippen molar-refractivity contribution in [2.24, 2.45) is 0 Å². The smallest absolute Gasteiger partial charge is 0.225 e. The maximum absolute atomic E-state index is 11.9. The molecule has 0 bridgehead atoms. The molecule has 3 aromatic rings. The molecule has 21 heavy (non-hydrogen) atoms. The molecule has 3 rings (SSSR count). The molecular formula is C16H16N4O. The SMILES string of the molecule is Cc1ccc(NC(=O)CCc2nc3ccccc3[nH]2)nc1. The van der Waals surface area contributed by atoms with E-state index in [4.69, 9.17) is 0 Å². The van der Waals surface area contributed by atoms with Gasteiger partial charge in [0, 0.05) is 19.0 Å². The Hall–Kier alpha value is -2.69. The average molecular weight is 280 g/mol. The number of aryl methyl sites for hydroxylation is 2. The molecule has 106 valence electrons. The molecule has 0 saturated heterocycles. The Labute approximate surface area is 122 Å². The Balaban J connectivity index is 1.59. The number of benzene rings is 1. The number of para-hydroxylation sites is 2. The van der Waals surface area contributed by atoms with Gasteiger partial charge in [-0.25, -0.2) is 9.97 Å². The van der Waals surface area contributed by atoms with Crippen LogP contribution in [-0.2, 0) is 11.2 Å². The molecule has 2 N–H and O–H groups in total. The normalized spacial score (nSPS) is 10.7. The molecule has 0 spiro atoms. The van der Waals surface area contributed by atoms with Gasteiger partial charge in [-0.1, -0.05) is 18.2 Å². The Morgan fingerprint density at radius 1 is 1.24 bits per heavy atom. The first-order valence-corrected chi connectivity index (χ1v) is 6.87. The number of pyridine rings is 1. The van der Waals surface area contributed by atoms with Crippen molar-refractivity contribution in [1.29, 1.82) is 0 Å². The van der Waals surface area contributed by atoms with E-state index < -0.39 is 0 Å². The first-order valence-electron chi connectivity index (χ1n) is 6.87. The molecule has 0 fully saturated rings. The second kappa shape index (κ2) is 5.75.